The molecule has 1 fully saturated rings. The smallest absolute Gasteiger partial charge is 0.162 e. The van der Waals surface area contributed by atoms with Crippen molar-refractivity contribution < 1.29 is 19.3 Å². The van der Waals surface area contributed by atoms with Gasteiger partial charge in [0, 0.05) is 32.3 Å². The summed E-state index contributed by atoms with van der Waals surface area (Å²) in [6, 6.07) is 7.28. The van der Waals surface area contributed by atoms with Crippen LogP contribution in [0.15, 0.2) is 18.2 Å². The third-order valence-electron chi connectivity index (χ3n) is 3.96. The molecule has 2 atom stereocenters. The van der Waals surface area contributed by atoms with Crippen molar-refractivity contribution in [3.05, 3.63) is 23.8 Å². The number of aliphatic hydroxyl groups is 1. The number of hydrogen-bond donors (Lipinski definition) is 1. The third kappa shape index (κ3) is 3.89. The number of aliphatic hydroxyl groups excluding tert-OH is 1. The van der Waals surface area contributed by atoms with Gasteiger partial charge in [0.25, 0.3) is 0 Å². The van der Waals surface area contributed by atoms with Gasteiger partial charge in [-0.1, -0.05) is 0 Å². The Morgan fingerprint density at radius 2 is 2.18 bits per heavy atom. The van der Waals surface area contributed by atoms with Gasteiger partial charge in [0.2, 0.25) is 0 Å². The highest BCUT2D eigenvalue weighted by Crippen LogP contribution is 2.28. The van der Waals surface area contributed by atoms with E-state index in [0.29, 0.717) is 30.2 Å². The van der Waals surface area contributed by atoms with Gasteiger partial charge in [0.05, 0.1) is 31.5 Å². The molecule has 0 saturated carbocycles. The molecule has 1 aromatic carbocycles. The lowest BCUT2D eigenvalue weighted by atomic mass is 10.2. The number of methoxy groups -OCH3 is 2. The van der Waals surface area contributed by atoms with Gasteiger partial charge in [0.15, 0.2) is 11.5 Å². The first-order valence-corrected chi connectivity index (χ1v) is 7.30. The maximum Gasteiger partial charge on any atom is 0.162 e. The lowest BCUT2D eigenvalue weighted by molar-refractivity contribution is 0.105. The highest BCUT2D eigenvalue weighted by molar-refractivity contribution is 5.46. The second-order valence-corrected chi connectivity index (χ2v) is 5.25. The molecular weight excluding hydrogens is 284 g/mol. The van der Waals surface area contributed by atoms with Crippen LogP contribution in [0.5, 0.6) is 11.5 Å². The predicted molar refractivity (Wildman–Crippen MR) is 81.1 cm³/mol. The van der Waals surface area contributed by atoms with Gasteiger partial charge in [-0.3, -0.25) is 4.90 Å². The van der Waals surface area contributed by atoms with E-state index in [4.69, 9.17) is 19.5 Å². The van der Waals surface area contributed by atoms with Gasteiger partial charge < -0.3 is 19.3 Å². The summed E-state index contributed by atoms with van der Waals surface area (Å²) in [4.78, 5) is 2.17. The zero-order valence-corrected chi connectivity index (χ0v) is 13.0. The molecule has 2 rings (SSSR count). The van der Waals surface area contributed by atoms with Crippen molar-refractivity contribution in [2.45, 2.75) is 18.6 Å². The second-order valence-electron chi connectivity index (χ2n) is 5.25. The van der Waals surface area contributed by atoms with Crippen LogP contribution in [0.1, 0.15) is 12.0 Å². The minimum absolute atomic E-state index is 0.122. The summed E-state index contributed by atoms with van der Waals surface area (Å²) >= 11 is 0. The van der Waals surface area contributed by atoms with Crippen molar-refractivity contribution in [3.63, 3.8) is 0 Å². The maximum atomic E-state index is 9.42. The first kappa shape index (κ1) is 16.6. The summed E-state index contributed by atoms with van der Waals surface area (Å²) in [6.07, 6.45) is 1.01. The first-order valence-electron chi connectivity index (χ1n) is 7.30. The van der Waals surface area contributed by atoms with Gasteiger partial charge in [-0.2, -0.15) is 5.26 Å². The van der Waals surface area contributed by atoms with Crippen LogP contribution in [0.4, 0.5) is 0 Å². The number of benzene rings is 1. The van der Waals surface area contributed by atoms with Gasteiger partial charge in [-0.25, -0.2) is 0 Å². The lowest BCUT2D eigenvalue weighted by Gasteiger charge is -2.22. The molecule has 1 aromatic rings. The summed E-state index contributed by atoms with van der Waals surface area (Å²) in [5.74, 6) is 1.17. The molecular formula is C16H22N2O4. The molecule has 1 heterocycles. The molecule has 6 heteroatoms. The third-order valence-corrected chi connectivity index (χ3v) is 3.96. The fourth-order valence-corrected chi connectivity index (χ4v) is 2.70. The van der Waals surface area contributed by atoms with E-state index in [2.05, 4.69) is 11.0 Å². The lowest BCUT2D eigenvalue weighted by Crippen LogP contribution is -2.35. The quantitative estimate of drug-likeness (QED) is 0.811. The Morgan fingerprint density at radius 3 is 2.82 bits per heavy atom. The summed E-state index contributed by atoms with van der Waals surface area (Å²) in [7, 11) is 3.25. The largest absolute Gasteiger partial charge is 0.493 e. The predicted octanol–water partition coefficient (Wildman–Crippen LogP) is 1.03. The van der Waals surface area contributed by atoms with E-state index in [1.165, 1.54) is 0 Å². The Hall–Kier alpha value is -1.81. The molecule has 6 nitrogen and oxygen atoms in total. The van der Waals surface area contributed by atoms with Crippen LogP contribution in [-0.2, 0) is 4.74 Å². The summed E-state index contributed by atoms with van der Waals surface area (Å²) in [5.41, 5.74) is 0.534. The molecule has 0 aromatic heterocycles. The SMILES string of the molecule is COc1cc(C#N)ccc1OCCN1C[C@H](OC)C[C@H]1CO. The number of nitrogens with zero attached hydrogens (tertiary/aromatic N) is 2. The van der Waals surface area contributed by atoms with Crippen LogP contribution in [0, 0.1) is 11.3 Å². The van der Waals surface area contributed by atoms with Crippen LogP contribution in [0.3, 0.4) is 0 Å². The van der Waals surface area contributed by atoms with E-state index in [1.807, 2.05) is 0 Å². The number of ether oxygens (including phenoxy) is 3. The van der Waals surface area contributed by atoms with Crippen LogP contribution in [0.2, 0.25) is 0 Å². The summed E-state index contributed by atoms with van der Waals surface area (Å²) in [6.45, 7) is 2.11. The standard InChI is InChI=1S/C16H22N2O4/c1-20-14-8-13(11-19)18(10-14)5-6-22-15-4-3-12(9-17)7-16(15)21-2/h3-4,7,13-14,19H,5-6,8,10-11H2,1-2H3/t13-,14+/m0/s1. The van der Waals surface area contributed by atoms with Crippen LogP contribution in [0.25, 0.3) is 0 Å². The normalized spacial score (nSPS) is 21.5. The molecule has 0 unspecified atom stereocenters. The fraction of sp³-hybridized carbons (Fsp3) is 0.562. The van der Waals surface area contributed by atoms with Gasteiger partial charge >= 0.3 is 0 Å². The van der Waals surface area contributed by atoms with Gasteiger partial charge in [0.1, 0.15) is 6.61 Å². The van der Waals surface area contributed by atoms with Crippen LogP contribution < -0.4 is 9.47 Å². The second kappa shape index (κ2) is 7.99. The summed E-state index contributed by atoms with van der Waals surface area (Å²) in [5, 5.41) is 18.3. The maximum absolute atomic E-state index is 9.42. The highest BCUT2D eigenvalue weighted by atomic mass is 16.5. The molecule has 1 N–H and O–H groups in total. The molecule has 0 spiro atoms. The van der Waals surface area contributed by atoms with Crippen molar-refractivity contribution in [2.24, 2.45) is 0 Å². The zero-order chi connectivity index (χ0) is 15.9. The number of hydrogen-bond acceptors (Lipinski definition) is 6. The molecule has 1 aliphatic rings. The van der Waals surface area contributed by atoms with E-state index in [1.54, 1.807) is 32.4 Å². The van der Waals surface area contributed by atoms with Gasteiger partial charge in [-0.05, 0) is 18.6 Å². The Kier molecular flexibility index (Phi) is 6.01. The van der Waals surface area contributed by atoms with Crippen molar-refractivity contribution >= 4 is 0 Å². The first-order chi connectivity index (χ1) is 10.7. The Labute approximate surface area is 130 Å². The van der Waals surface area contributed by atoms with Crippen molar-refractivity contribution in [3.8, 4) is 17.6 Å². The van der Waals surface area contributed by atoms with Crippen molar-refractivity contribution in [1.29, 1.82) is 5.26 Å². The molecule has 0 amide bonds. The monoisotopic (exact) mass is 306 g/mol. The molecule has 0 aliphatic carbocycles. The molecule has 1 saturated heterocycles. The Balaban J connectivity index is 1.90. The molecule has 0 radical (unpaired) electrons. The van der Waals surface area contributed by atoms with E-state index in [0.717, 1.165) is 13.0 Å². The minimum Gasteiger partial charge on any atom is -0.493 e. The fourth-order valence-electron chi connectivity index (χ4n) is 2.70. The number of rotatable bonds is 7. The van der Waals surface area contributed by atoms with E-state index >= 15 is 0 Å². The van der Waals surface area contributed by atoms with Crippen LogP contribution in [-0.4, -0.2) is 62.7 Å². The highest BCUT2D eigenvalue weighted by Gasteiger charge is 2.31. The average molecular weight is 306 g/mol. The zero-order valence-electron chi connectivity index (χ0n) is 13.0. The topological polar surface area (TPSA) is 75.0 Å². The number of likely N-dealkylation sites (tertiary alicyclic amines) is 1. The van der Waals surface area contributed by atoms with Crippen LogP contribution >= 0.6 is 0 Å². The van der Waals surface area contributed by atoms with E-state index < -0.39 is 0 Å². The van der Waals surface area contributed by atoms with E-state index in [-0.39, 0.29) is 18.8 Å². The van der Waals surface area contributed by atoms with Crippen molar-refractivity contribution in [2.75, 3.05) is 40.5 Å². The molecule has 22 heavy (non-hydrogen) atoms. The Bertz CT molecular complexity index is 529. The minimum atomic E-state index is 0.122. The van der Waals surface area contributed by atoms with E-state index in [9.17, 15) is 5.11 Å². The Morgan fingerprint density at radius 1 is 1.36 bits per heavy atom. The molecule has 0 bridgehead atoms. The van der Waals surface area contributed by atoms with Crippen molar-refractivity contribution in [1.82, 2.24) is 4.90 Å². The summed E-state index contributed by atoms with van der Waals surface area (Å²) < 4.78 is 16.3. The molecule has 120 valence electrons. The molecule has 1 aliphatic heterocycles. The van der Waals surface area contributed by atoms with Gasteiger partial charge in [-0.15, -0.1) is 0 Å². The average Bonchev–Trinajstić information content (AvgIpc) is 2.97. The number of nitriles is 1.